The van der Waals surface area contributed by atoms with E-state index in [-0.39, 0.29) is 0 Å². The molecular weight excluding hydrogens is 52.0 g/mol. The molecule has 2 nitrogen and oxygen atoms in total. The topological polar surface area (TPSA) is 35.9 Å². The largest absolute Gasteiger partial charge is 0.375 e. The molecule has 0 aromatic rings. The van der Waals surface area contributed by atoms with Crippen molar-refractivity contribution in [3.63, 3.8) is 0 Å². The number of nitrogens with one attached hydrogen (secondary N) is 2. The summed E-state index contributed by atoms with van der Waals surface area (Å²) < 4.78 is 0. The second-order valence-electron chi connectivity index (χ2n) is 0.348. The van der Waals surface area contributed by atoms with Crippen LogP contribution in [0.5, 0.6) is 0 Å². The molecule has 0 bridgehead atoms. The van der Waals surface area contributed by atoms with E-state index >= 15 is 0 Å². The monoisotopic (exact) mass is 57.0 g/mol. The van der Waals surface area contributed by atoms with Gasteiger partial charge in [0.25, 0.3) is 0 Å². The highest BCUT2D eigenvalue weighted by Crippen LogP contribution is 1.19. The van der Waals surface area contributed by atoms with Gasteiger partial charge in [0.15, 0.2) is 0 Å². The van der Waals surface area contributed by atoms with Crippen LogP contribution in [0.3, 0.4) is 0 Å². The van der Waals surface area contributed by atoms with Crippen molar-refractivity contribution < 1.29 is 0 Å². The van der Waals surface area contributed by atoms with E-state index in [1.807, 2.05) is 0 Å². The molecule has 0 atom stereocenters. The Kier molecular flexibility index (Phi) is 2.14. The van der Waals surface area contributed by atoms with Gasteiger partial charge in [0, 0.05) is 7.05 Å². The molecule has 0 saturated carbocycles. The van der Waals surface area contributed by atoms with E-state index in [4.69, 9.17) is 5.41 Å². The summed E-state index contributed by atoms with van der Waals surface area (Å²) in [7, 11) is 3.11. The Hall–Kier alpha value is -0.530. The molecule has 0 fully saturated rings. The summed E-state index contributed by atoms with van der Waals surface area (Å²) in [4.78, 5) is 0. The first-order chi connectivity index (χ1) is 1.91. The van der Waals surface area contributed by atoms with Crippen molar-refractivity contribution in [2.75, 3.05) is 0 Å². The predicted octanol–water partition coefficient (Wildman–Crippen LogP) is -0.0253. The molecule has 0 heterocycles. The first-order valence-corrected chi connectivity index (χ1v) is 0.931. The highest BCUT2D eigenvalue weighted by Gasteiger charge is 1.38. The van der Waals surface area contributed by atoms with Crippen LogP contribution in [0.2, 0.25) is 0 Å². The first kappa shape index (κ1) is 3.47. The van der Waals surface area contributed by atoms with Crippen molar-refractivity contribution >= 4 is 6.34 Å². The SMILES string of the molecule is [CH2]NC=N. The van der Waals surface area contributed by atoms with Crippen LogP contribution in [-0.4, -0.2) is 6.34 Å². The van der Waals surface area contributed by atoms with Crippen LogP contribution in [0.15, 0.2) is 0 Å². The highest BCUT2D eigenvalue weighted by molar-refractivity contribution is 5.49. The summed E-state index contributed by atoms with van der Waals surface area (Å²) in [5.74, 6) is 0. The summed E-state index contributed by atoms with van der Waals surface area (Å²) in [6, 6.07) is 0. The quantitative estimate of drug-likeness (QED) is 0.322. The molecule has 0 rings (SSSR count). The minimum Gasteiger partial charge on any atom is -0.375 e. The maximum absolute atomic E-state index is 6.15. The molecule has 0 saturated heterocycles. The Morgan fingerprint density at radius 2 is 2.25 bits per heavy atom. The Morgan fingerprint density at radius 3 is 2.25 bits per heavy atom. The van der Waals surface area contributed by atoms with Crippen molar-refractivity contribution in [3.05, 3.63) is 7.05 Å². The van der Waals surface area contributed by atoms with Crippen molar-refractivity contribution in [3.8, 4) is 0 Å². The minimum absolute atomic E-state index is 1.01. The van der Waals surface area contributed by atoms with Gasteiger partial charge in [-0.25, -0.2) is 0 Å². The van der Waals surface area contributed by atoms with Crippen LogP contribution < -0.4 is 5.32 Å². The molecule has 0 aliphatic carbocycles. The predicted molar refractivity (Wildman–Crippen MR) is 17.3 cm³/mol. The smallest absolute Gasteiger partial charge is 0.0791 e. The van der Waals surface area contributed by atoms with Crippen LogP contribution >= 0.6 is 0 Å². The number of hydrogen-bond acceptors (Lipinski definition) is 1. The Bertz CT molecular complexity index is 18.0. The van der Waals surface area contributed by atoms with Crippen LogP contribution in [0.4, 0.5) is 0 Å². The van der Waals surface area contributed by atoms with Crippen molar-refractivity contribution in [2.24, 2.45) is 0 Å². The molecule has 0 amide bonds. The van der Waals surface area contributed by atoms with Gasteiger partial charge in [-0.15, -0.1) is 0 Å². The summed E-state index contributed by atoms with van der Waals surface area (Å²) >= 11 is 0. The zero-order valence-corrected chi connectivity index (χ0v) is 2.28. The Morgan fingerprint density at radius 1 is 2.00 bits per heavy atom. The average molecular weight is 57.1 g/mol. The Balaban J connectivity index is 2.30. The molecule has 0 aromatic heterocycles. The number of rotatable bonds is 1. The fourth-order valence-corrected chi connectivity index (χ4v) is 0. The zero-order valence-electron chi connectivity index (χ0n) is 2.28. The minimum atomic E-state index is 1.01. The molecule has 0 unspecified atom stereocenters. The summed E-state index contributed by atoms with van der Waals surface area (Å²) in [6.07, 6.45) is 1.01. The van der Waals surface area contributed by atoms with Crippen LogP contribution in [0.25, 0.3) is 0 Å². The molecule has 23 valence electrons. The standard InChI is InChI=1S/C2H5N2/c1-4-2-3/h2H,1H2,(H2,3,4). The lowest BCUT2D eigenvalue weighted by atomic mass is 11.2. The average Bonchev–Trinajstić information content (AvgIpc) is 1.37. The fraction of sp³-hybridized carbons (Fsp3) is 0. The molecule has 1 radical (unpaired) electrons. The van der Waals surface area contributed by atoms with E-state index in [0.717, 1.165) is 6.34 Å². The van der Waals surface area contributed by atoms with Gasteiger partial charge in [-0.3, -0.25) is 5.41 Å². The lowest BCUT2D eigenvalue weighted by molar-refractivity contribution is 1.29. The van der Waals surface area contributed by atoms with E-state index in [0.29, 0.717) is 0 Å². The lowest BCUT2D eigenvalue weighted by Gasteiger charge is -1.68. The second kappa shape index (κ2) is 2.47. The number of hydrogen-bond donors (Lipinski definition) is 2. The van der Waals surface area contributed by atoms with Gasteiger partial charge < -0.3 is 5.32 Å². The van der Waals surface area contributed by atoms with Gasteiger partial charge in [0.2, 0.25) is 0 Å². The fourth-order valence-electron chi connectivity index (χ4n) is 0. The molecular formula is C2H5N2. The van der Waals surface area contributed by atoms with Gasteiger partial charge in [0.1, 0.15) is 0 Å². The molecule has 0 aliphatic rings. The van der Waals surface area contributed by atoms with Gasteiger partial charge in [-0.2, -0.15) is 0 Å². The van der Waals surface area contributed by atoms with Crippen LogP contribution in [0, 0.1) is 12.5 Å². The van der Waals surface area contributed by atoms with Crippen molar-refractivity contribution in [2.45, 2.75) is 0 Å². The lowest BCUT2D eigenvalue weighted by Crippen LogP contribution is -1.92. The van der Waals surface area contributed by atoms with Gasteiger partial charge in [-0.1, -0.05) is 0 Å². The zero-order chi connectivity index (χ0) is 3.41. The third-order valence-electron chi connectivity index (χ3n) is 0.102. The molecule has 0 aromatic carbocycles. The maximum Gasteiger partial charge on any atom is 0.0791 e. The molecule has 2 heteroatoms. The summed E-state index contributed by atoms with van der Waals surface area (Å²) in [6.45, 7) is 0. The molecule has 0 aliphatic heterocycles. The van der Waals surface area contributed by atoms with Crippen LogP contribution in [0.1, 0.15) is 0 Å². The molecule has 0 spiro atoms. The normalized spacial score (nSPS) is 5.25. The van der Waals surface area contributed by atoms with Crippen LogP contribution in [-0.2, 0) is 0 Å². The van der Waals surface area contributed by atoms with E-state index < -0.39 is 0 Å². The first-order valence-electron chi connectivity index (χ1n) is 0.931. The van der Waals surface area contributed by atoms with Gasteiger partial charge in [0.05, 0.1) is 6.34 Å². The molecule has 2 N–H and O–H groups in total. The summed E-state index contributed by atoms with van der Waals surface area (Å²) in [5, 5.41) is 8.38. The third kappa shape index (κ3) is 1.47. The second-order valence-corrected chi connectivity index (χ2v) is 0.348. The van der Waals surface area contributed by atoms with E-state index in [2.05, 4.69) is 12.4 Å². The third-order valence-corrected chi connectivity index (χ3v) is 0.102. The molecule has 4 heavy (non-hydrogen) atoms. The highest BCUT2D eigenvalue weighted by atomic mass is 14.8. The van der Waals surface area contributed by atoms with Crippen molar-refractivity contribution in [1.82, 2.24) is 5.32 Å². The van der Waals surface area contributed by atoms with E-state index in [1.165, 1.54) is 0 Å². The summed E-state index contributed by atoms with van der Waals surface area (Å²) in [5.41, 5.74) is 0. The van der Waals surface area contributed by atoms with Crippen molar-refractivity contribution in [1.29, 1.82) is 5.41 Å². The Labute approximate surface area is 25.3 Å². The van der Waals surface area contributed by atoms with Gasteiger partial charge in [-0.05, 0) is 0 Å². The maximum atomic E-state index is 6.15. The van der Waals surface area contributed by atoms with E-state index in [1.54, 1.807) is 0 Å². The van der Waals surface area contributed by atoms with Gasteiger partial charge >= 0.3 is 0 Å². The van der Waals surface area contributed by atoms with E-state index in [9.17, 15) is 0 Å².